The second kappa shape index (κ2) is 12.4. The van der Waals surface area contributed by atoms with E-state index in [0.717, 1.165) is 17.5 Å². The lowest BCUT2D eigenvalue weighted by molar-refractivity contribution is 0.223. The minimum Gasteiger partial charge on any atom is -0.492 e. The van der Waals surface area contributed by atoms with Crippen LogP contribution >= 0.6 is 24.0 Å². The van der Waals surface area contributed by atoms with Crippen LogP contribution in [0.1, 0.15) is 6.92 Å². The summed E-state index contributed by atoms with van der Waals surface area (Å²) >= 11 is 0. The summed E-state index contributed by atoms with van der Waals surface area (Å²) in [4.78, 5) is 4.19. The summed E-state index contributed by atoms with van der Waals surface area (Å²) in [6.45, 7) is 3.92. The summed E-state index contributed by atoms with van der Waals surface area (Å²) in [5.41, 5.74) is 0. The van der Waals surface area contributed by atoms with Crippen molar-refractivity contribution in [3.8, 4) is 11.5 Å². The standard InChI is InChI=1S/C19H25N3O2.HI/c1-16(24-18-11-7-4-8-12-18)15-22-19(20-2)21-13-14-23-17-9-5-3-6-10-17;/h3-12,16H,13-15H2,1-2H3,(H2,20,21,22);1H. The number of aliphatic imine (C=N–C) groups is 1. The van der Waals surface area contributed by atoms with E-state index in [9.17, 15) is 0 Å². The maximum Gasteiger partial charge on any atom is 0.191 e. The van der Waals surface area contributed by atoms with Gasteiger partial charge >= 0.3 is 0 Å². The van der Waals surface area contributed by atoms with E-state index in [-0.39, 0.29) is 30.1 Å². The average molecular weight is 455 g/mol. The van der Waals surface area contributed by atoms with Crippen LogP contribution in [0, 0.1) is 0 Å². The zero-order valence-corrected chi connectivity index (χ0v) is 17.0. The minimum absolute atomic E-state index is 0. The second-order valence-electron chi connectivity index (χ2n) is 5.28. The summed E-state index contributed by atoms with van der Waals surface area (Å²) in [6.07, 6.45) is 0.0338. The van der Waals surface area contributed by atoms with Gasteiger partial charge in [0, 0.05) is 7.05 Å². The molecule has 0 spiro atoms. The van der Waals surface area contributed by atoms with Crippen molar-refractivity contribution in [2.24, 2.45) is 4.99 Å². The Bertz CT molecular complexity index is 609. The van der Waals surface area contributed by atoms with E-state index in [1.165, 1.54) is 0 Å². The Hall–Kier alpha value is -1.96. The normalized spacial score (nSPS) is 11.8. The maximum absolute atomic E-state index is 5.82. The van der Waals surface area contributed by atoms with Crippen LogP contribution in [0.3, 0.4) is 0 Å². The molecule has 0 aliphatic heterocycles. The molecule has 136 valence electrons. The Morgan fingerprint density at radius 1 is 0.960 bits per heavy atom. The van der Waals surface area contributed by atoms with Crippen molar-refractivity contribution in [3.63, 3.8) is 0 Å². The highest BCUT2D eigenvalue weighted by Gasteiger charge is 2.05. The van der Waals surface area contributed by atoms with Gasteiger partial charge < -0.3 is 20.1 Å². The van der Waals surface area contributed by atoms with Crippen LogP contribution < -0.4 is 20.1 Å². The first kappa shape index (κ1) is 21.1. The number of para-hydroxylation sites is 2. The smallest absolute Gasteiger partial charge is 0.191 e. The molecule has 0 aromatic heterocycles. The van der Waals surface area contributed by atoms with E-state index in [4.69, 9.17) is 9.47 Å². The molecule has 0 saturated heterocycles. The highest BCUT2D eigenvalue weighted by molar-refractivity contribution is 14.0. The molecule has 2 aromatic carbocycles. The third-order valence-electron chi connectivity index (χ3n) is 3.27. The van der Waals surface area contributed by atoms with Crippen molar-refractivity contribution < 1.29 is 9.47 Å². The Morgan fingerprint density at radius 3 is 2.16 bits per heavy atom. The predicted octanol–water partition coefficient (Wildman–Crippen LogP) is 3.32. The zero-order chi connectivity index (χ0) is 17.0. The van der Waals surface area contributed by atoms with Gasteiger partial charge in [-0.05, 0) is 31.2 Å². The number of nitrogens with one attached hydrogen (secondary N) is 2. The minimum atomic E-state index is 0. The van der Waals surface area contributed by atoms with Gasteiger partial charge in [0.15, 0.2) is 5.96 Å². The lowest BCUT2D eigenvalue weighted by Gasteiger charge is -2.17. The summed E-state index contributed by atoms with van der Waals surface area (Å²) in [6, 6.07) is 19.6. The number of guanidine groups is 1. The Labute approximate surface area is 166 Å². The molecule has 0 heterocycles. The molecule has 0 aliphatic rings. The van der Waals surface area contributed by atoms with Gasteiger partial charge in [0.1, 0.15) is 24.2 Å². The molecule has 5 nitrogen and oxygen atoms in total. The highest BCUT2D eigenvalue weighted by atomic mass is 127. The number of hydrogen-bond donors (Lipinski definition) is 2. The van der Waals surface area contributed by atoms with Crippen molar-refractivity contribution in [3.05, 3.63) is 60.7 Å². The van der Waals surface area contributed by atoms with E-state index in [2.05, 4.69) is 15.6 Å². The Balaban J connectivity index is 0.00000312. The topological polar surface area (TPSA) is 54.9 Å². The first-order chi connectivity index (χ1) is 11.8. The van der Waals surface area contributed by atoms with Crippen molar-refractivity contribution >= 4 is 29.9 Å². The molecule has 2 aromatic rings. The van der Waals surface area contributed by atoms with E-state index in [1.807, 2.05) is 67.6 Å². The molecule has 0 bridgehead atoms. The Morgan fingerprint density at radius 2 is 1.56 bits per heavy atom. The molecule has 0 fully saturated rings. The average Bonchev–Trinajstić information content (AvgIpc) is 2.63. The lowest BCUT2D eigenvalue weighted by Crippen LogP contribution is -2.43. The van der Waals surface area contributed by atoms with Gasteiger partial charge in [0.25, 0.3) is 0 Å². The van der Waals surface area contributed by atoms with Gasteiger partial charge in [-0.3, -0.25) is 4.99 Å². The summed E-state index contributed by atoms with van der Waals surface area (Å²) in [7, 11) is 1.75. The number of nitrogens with zero attached hydrogens (tertiary/aromatic N) is 1. The molecular weight excluding hydrogens is 429 g/mol. The third-order valence-corrected chi connectivity index (χ3v) is 3.27. The number of rotatable bonds is 8. The molecule has 0 aliphatic carbocycles. The molecule has 0 amide bonds. The molecule has 2 N–H and O–H groups in total. The van der Waals surface area contributed by atoms with Crippen LogP contribution in [0.4, 0.5) is 0 Å². The van der Waals surface area contributed by atoms with Gasteiger partial charge in [-0.2, -0.15) is 0 Å². The van der Waals surface area contributed by atoms with Crippen LogP contribution in [0.5, 0.6) is 11.5 Å². The van der Waals surface area contributed by atoms with Crippen LogP contribution in [0.25, 0.3) is 0 Å². The molecular formula is C19H26IN3O2. The largest absolute Gasteiger partial charge is 0.492 e. The number of benzene rings is 2. The first-order valence-corrected chi connectivity index (χ1v) is 8.12. The first-order valence-electron chi connectivity index (χ1n) is 8.12. The Kier molecular flexibility index (Phi) is 10.5. The van der Waals surface area contributed by atoms with Crippen LogP contribution in [-0.2, 0) is 0 Å². The fourth-order valence-electron chi connectivity index (χ4n) is 2.09. The van der Waals surface area contributed by atoms with E-state index in [1.54, 1.807) is 7.05 Å². The van der Waals surface area contributed by atoms with Gasteiger partial charge in [0.05, 0.1) is 13.1 Å². The van der Waals surface area contributed by atoms with Gasteiger partial charge in [-0.1, -0.05) is 36.4 Å². The quantitative estimate of drug-likeness (QED) is 0.278. The molecule has 0 radical (unpaired) electrons. The molecule has 0 saturated carbocycles. The summed E-state index contributed by atoms with van der Waals surface area (Å²) < 4.78 is 11.5. The van der Waals surface area contributed by atoms with Crippen LogP contribution in [-0.4, -0.2) is 38.8 Å². The molecule has 2 rings (SSSR count). The number of halogens is 1. The third kappa shape index (κ3) is 8.62. The lowest BCUT2D eigenvalue weighted by atomic mass is 10.3. The summed E-state index contributed by atoms with van der Waals surface area (Å²) in [5.74, 6) is 2.47. The fourth-order valence-corrected chi connectivity index (χ4v) is 2.09. The van der Waals surface area contributed by atoms with E-state index >= 15 is 0 Å². The van der Waals surface area contributed by atoms with Crippen molar-refractivity contribution in [2.75, 3.05) is 26.7 Å². The molecule has 25 heavy (non-hydrogen) atoms. The zero-order valence-electron chi connectivity index (χ0n) is 14.6. The van der Waals surface area contributed by atoms with E-state index < -0.39 is 0 Å². The number of ether oxygens (including phenoxy) is 2. The van der Waals surface area contributed by atoms with Crippen molar-refractivity contribution in [1.82, 2.24) is 10.6 Å². The van der Waals surface area contributed by atoms with Crippen LogP contribution in [0.15, 0.2) is 65.7 Å². The molecule has 6 heteroatoms. The number of hydrogen-bond acceptors (Lipinski definition) is 3. The summed E-state index contributed by atoms with van der Waals surface area (Å²) in [5, 5.41) is 6.46. The molecule has 1 atom stereocenters. The highest BCUT2D eigenvalue weighted by Crippen LogP contribution is 2.10. The maximum atomic E-state index is 5.82. The van der Waals surface area contributed by atoms with Crippen LogP contribution in [0.2, 0.25) is 0 Å². The monoisotopic (exact) mass is 455 g/mol. The van der Waals surface area contributed by atoms with Gasteiger partial charge in [-0.15, -0.1) is 24.0 Å². The van der Waals surface area contributed by atoms with Crippen molar-refractivity contribution in [1.29, 1.82) is 0 Å². The SMILES string of the molecule is CN=C(NCCOc1ccccc1)NCC(C)Oc1ccccc1.I. The fraction of sp³-hybridized carbons (Fsp3) is 0.316. The second-order valence-corrected chi connectivity index (χ2v) is 5.28. The molecule has 1 unspecified atom stereocenters. The van der Waals surface area contributed by atoms with Gasteiger partial charge in [0.2, 0.25) is 0 Å². The predicted molar refractivity (Wildman–Crippen MR) is 113 cm³/mol. The van der Waals surface area contributed by atoms with E-state index in [0.29, 0.717) is 19.7 Å². The van der Waals surface area contributed by atoms with Crippen molar-refractivity contribution in [2.45, 2.75) is 13.0 Å². The van der Waals surface area contributed by atoms with Gasteiger partial charge in [-0.25, -0.2) is 0 Å².